The Morgan fingerprint density at radius 2 is 1.94 bits per heavy atom. The van der Waals surface area contributed by atoms with Crippen molar-refractivity contribution in [2.24, 2.45) is 0 Å². The Morgan fingerprint density at radius 1 is 1.17 bits per heavy atom. The van der Waals surface area contributed by atoms with Gasteiger partial charge in [0, 0.05) is 0 Å². The molecule has 0 spiro atoms. The summed E-state index contributed by atoms with van der Waals surface area (Å²) in [6.07, 6.45) is 0.709. The second kappa shape index (κ2) is 4.32. The number of hydrogen-bond donors (Lipinski definition) is 0. The molecular formula is C15H10BrFO. The van der Waals surface area contributed by atoms with Crippen LogP contribution in [-0.2, 0) is 6.42 Å². The van der Waals surface area contributed by atoms with Crippen molar-refractivity contribution in [3.63, 3.8) is 0 Å². The Balaban J connectivity index is 1.96. The molecule has 0 radical (unpaired) electrons. The van der Waals surface area contributed by atoms with Gasteiger partial charge in [0.05, 0.1) is 16.0 Å². The molecule has 2 aromatic rings. The van der Waals surface area contributed by atoms with Gasteiger partial charge >= 0.3 is 0 Å². The van der Waals surface area contributed by atoms with E-state index in [-0.39, 0.29) is 17.3 Å². The van der Waals surface area contributed by atoms with Crippen molar-refractivity contribution in [2.75, 3.05) is 0 Å². The van der Waals surface area contributed by atoms with Gasteiger partial charge in [-0.1, -0.05) is 30.3 Å². The van der Waals surface area contributed by atoms with Crippen LogP contribution in [0.5, 0.6) is 0 Å². The monoisotopic (exact) mass is 304 g/mol. The quantitative estimate of drug-likeness (QED) is 0.763. The highest BCUT2D eigenvalue weighted by molar-refractivity contribution is 9.10. The van der Waals surface area contributed by atoms with Crippen molar-refractivity contribution in [2.45, 2.75) is 12.3 Å². The first-order valence-corrected chi connectivity index (χ1v) is 6.54. The lowest BCUT2D eigenvalue weighted by molar-refractivity contribution is 0.0945. The lowest BCUT2D eigenvalue weighted by Crippen LogP contribution is -2.25. The lowest BCUT2D eigenvalue weighted by Gasteiger charge is -2.28. The van der Waals surface area contributed by atoms with Crippen LogP contribution in [-0.4, -0.2) is 5.78 Å². The molecule has 0 aromatic heterocycles. The third-order valence-corrected chi connectivity index (χ3v) is 4.00. The molecule has 1 unspecified atom stereocenters. The molecule has 18 heavy (non-hydrogen) atoms. The van der Waals surface area contributed by atoms with Gasteiger partial charge in [0.25, 0.3) is 0 Å². The number of carbonyl (C=O) groups is 1. The van der Waals surface area contributed by atoms with Crippen LogP contribution in [0, 0.1) is 5.82 Å². The molecule has 3 heteroatoms. The summed E-state index contributed by atoms with van der Waals surface area (Å²) in [6.45, 7) is 0. The minimum absolute atomic E-state index is 0.132. The number of fused-ring (bicyclic) bond motifs is 1. The van der Waals surface area contributed by atoms with Gasteiger partial charge in [-0.2, -0.15) is 0 Å². The Labute approximate surface area is 113 Å². The van der Waals surface area contributed by atoms with Crippen molar-refractivity contribution < 1.29 is 9.18 Å². The zero-order valence-electron chi connectivity index (χ0n) is 9.49. The highest BCUT2D eigenvalue weighted by Crippen LogP contribution is 2.38. The fourth-order valence-corrected chi connectivity index (χ4v) is 2.74. The third-order valence-electron chi connectivity index (χ3n) is 3.39. The van der Waals surface area contributed by atoms with E-state index in [9.17, 15) is 9.18 Å². The fourth-order valence-electron chi connectivity index (χ4n) is 2.37. The van der Waals surface area contributed by atoms with E-state index >= 15 is 0 Å². The molecule has 0 aliphatic heterocycles. The Hall–Kier alpha value is -1.48. The Bertz CT molecular complexity index is 636. The zero-order valence-corrected chi connectivity index (χ0v) is 11.1. The van der Waals surface area contributed by atoms with Crippen LogP contribution in [0.15, 0.2) is 46.9 Å². The molecule has 1 aliphatic rings. The molecule has 1 atom stereocenters. The molecule has 1 nitrogen and oxygen atoms in total. The van der Waals surface area contributed by atoms with E-state index in [1.54, 1.807) is 18.2 Å². The summed E-state index contributed by atoms with van der Waals surface area (Å²) in [4.78, 5) is 12.3. The highest BCUT2D eigenvalue weighted by Gasteiger charge is 2.33. The molecule has 0 amide bonds. The number of hydrogen-bond acceptors (Lipinski definition) is 1. The summed E-state index contributed by atoms with van der Waals surface area (Å²) >= 11 is 3.11. The maximum absolute atomic E-state index is 13.9. The van der Waals surface area contributed by atoms with E-state index in [0.717, 1.165) is 5.56 Å². The molecule has 3 rings (SSSR count). The molecule has 0 bridgehead atoms. The van der Waals surface area contributed by atoms with Gasteiger partial charge in [0.2, 0.25) is 0 Å². The second-order valence-electron chi connectivity index (χ2n) is 4.42. The standard InChI is InChI=1S/C15H10BrFO/c16-13-7-3-6-11(14(13)17)15(18)12-8-9-4-1-2-5-10(9)12/h1-7,12H,8H2. The highest BCUT2D eigenvalue weighted by atomic mass is 79.9. The number of carbonyl (C=O) groups excluding carboxylic acids is 1. The van der Waals surface area contributed by atoms with Gasteiger partial charge in [-0.05, 0) is 45.6 Å². The van der Waals surface area contributed by atoms with E-state index in [1.807, 2.05) is 24.3 Å². The molecule has 0 heterocycles. The summed E-state index contributed by atoms with van der Waals surface area (Å²) in [7, 11) is 0. The van der Waals surface area contributed by atoms with Crippen LogP contribution >= 0.6 is 15.9 Å². The minimum Gasteiger partial charge on any atom is -0.293 e. The lowest BCUT2D eigenvalue weighted by atomic mass is 9.74. The van der Waals surface area contributed by atoms with Gasteiger partial charge in [-0.15, -0.1) is 0 Å². The molecule has 90 valence electrons. The average molecular weight is 305 g/mol. The molecule has 1 aliphatic carbocycles. The normalized spacial score (nSPS) is 16.9. The number of ketones is 1. The minimum atomic E-state index is -0.466. The Morgan fingerprint density at radius 3 is 2.72 bits per heavy atom. The Kier molecular flexibility index (Phi) is 2.78. The first-order valence-electron chi connectivity index (χ1n) is 5.74. The first-order chi connectivity index (χ1) is 8.68. The smallest absolute Gasteiger partial charge is 0.173 e. The topological polar surface area (TPSA) is 17.1 Å². The van der Waals surface area contributed by atoms with E-state index in [2.05, 4.69) is 15.9 Å². The molecule has 0 saturated carbocycles. The second-order valence-corrected chi connectivity index (χ2v) is 5.28. The molecule has 0 N–H and O–H groups in total. The van der Waals surface area contributed by atoms with Gasteiger partial charge in [0.1, 0.15) is 5.82 Å². The number of benzene rings is 2. The summed E-state index contributed by atoms with van der Waals surface area (Å²) in [5, 5.41) is 0. The number of rotatable bonds is 2. The predicted octanol–water partition coefficient (Wildman–Crippen LogP) is 4.11. The number of Topliss-reactive ketones (excluding diaryl/α,β-unsaturated/α-hetero) is 1. The van der Waals surface area contributed by atoms with Crippen molar-refractivity contribution >= 4 is 21.7 Å². The van der Waals surface area contributed by atoms with E-state index in [1.165, 1.54) is 5.56 Å². The molecular weight excluding hydrogens is 295 g/mol. The average Bonchev–Trinajstić information content (AvgIpc) is 2.34. The molecule has 0 saturated heterocycles. The summed E-state index contributed by atoms with van der Waals surface area (Å²) in [5.41, 5.74) is 2.39. The van der Waals surface area contributed by atoms with Crippen molar-refractivity contribution in [3.05, 3.63) is 69.4 Å². The van der Waals surface area contributed by atoms with E-state index in [4.69, 9.17) is 0 Å². The van der Waals surface area contributed by atoms with Crippen LogP contribution in [0.25, 0.3) is 0 Å². The maximum Gasteiger partial charge on any atom is 0.173 e. The van der Waals surface area contributed by atoms with Crippen molar-refractivity contribution in [1.29, 1.82) is 0 Å². The van der Waals surface area contributed by atoms with Crippen molar-refractivity contribution in [3.8, 4) is 0 Å². The zero-order chi connectivity index (χ0) is 12.7. The van der Waals surface area contributed by atoms with Gasteiger partial charge in [0.15, 0.2) is 5.78 Å². The van der Waals surface area contributed by atoms with Crippen LogP contribution < -0.4 is 0 Å². The van der Waals surface area contributed by atoms with Crippen LogP contribution in [0.1, 0.15) is 27.4 Å². The van der Waals surface area contributed by atoms with Crippen LogP contribution in [0.2, 0.25) is 0 Å². The van der Waals surface area contributed by atoms with Crippen LogP contribution in [0.3, 0.4) is 0 Å². The van der Waals surface area contributed by atoms with E-state index in [0.29, 0.717) is 10.9 Å². The van der Waals surface area contributed by atoms with Gasteiger partial charge in [-0.25, -0.2) is 4.39 Å². The van der Waals surface area contributed by atoms with Crippen molar-refractivity contribution in [1.82, 2.24) is 0 Å². The van der Waals surface area contributed by atoms with Crippen LogP contribution in [0.4, 0.5) is 4.39 Å². The summed E-state index contributed by atoms with van der Waals surface area (Å²) < 4.78 is 14.2. The van der Waals surface area contributed by atoms with Gasteiger partial charge in [-0.3, -0.25) is 4.79 Å². The fraction of sp³-hybridized carbons (Fsp3) is 0.133. The number of halogens is 2. The largest absolute Gasteiger partial charge is 0.293 e. The van der Waals surface area contributed by atoms with Gasteiger partial charge < -0.3 is 0 Å². The van der Waals surface area contributed by atoms with E-state index < -0.39 is 5.82 Å². The molecule has 2 aromatic carbocycles. The third kappa shape index (κ3) is 1.70. The summed E-state index contributed by atoms with van der Waals surface area (Å²) in [6, 6.07) is 12.7. The first kappa shape index (κ1) is 11.6. The summed E-state index contributed by atoms with van der Waals surface area (Å²) in [5.74, 6) is -0.788. The predicted molar refractivity (Wildman–Crippen MR) is 71.3 cm³/mol. The maximum atomic E-state index is 13.9. The molecule has 0 fully saturated rings. The SMILES string of the molecule is O=C(c1cccc(Br)c1F)C1Cc2ccccc21.